The van der Waals surface area contributed by atoms with Gasteiger partial charge in [0, 0.05) is 36.4 Å². The van der Waals surface area contributed by atoms with E-state index in [1.807, 2.05) is 43.3 Å². The van der Waals surface area contributed by atoms with Crippen molar-refractivity contribution in [2.24, 2.45) is 0 Å². The summed E-state index contributed by atoms with van der Waals surface area (Å²) >= 11 is 0. The normalized spacial score (nSPS) is 15.6. The van der Waals surface area contributed by atoms with E-state index in [1.54, 1.807) is 25.4 Å². The number of ether oxygens (including phenoxy) is 1. The number of nitrogens with zero attached hydrogens (tertiary/aromatic N) is 2. The number of aryl methyl sites for hydroxylation is 1. The number of rotatable bonds is 5. The number of anilines is 1. The van der Waals surface area contributed by atoms with Crippen LogP contribution < -0.4 is 14.4 Å². The number of hydrogen-bond acceptors (Lipinski definition) is 5. The molecule has 6 nitrogen and oxygen atoms in total. The molecule has 1 aromatic heterocycles. The van der Waals surface area contributed by atoms with E-state index in [-0.39, 0.29) is 6.04 Å². The summed E-state index contributed by atoms with van der Waals surface area (Å²) in [6.45, 7) is 3.54. The third-order valence-electron chi connectivity index (χ3n) is 5.48. The predicted molar refractivity (Wildman–Crippen MR) is 115 cm³/mol. The van der Waals surface area contributed by atoms with Crippen LogP contribution in [-0.4, -0.2) is 39.6 Å². The number of pyridine rings is 1. The van der Waals surface area contributed by atoms with Crippen molar-refractivity contribution in [2.75, 3.05) is 25.1 Å². The Hall–Kier alpha value is -2.64. The van der Waals surface area contributed by atoms with Crippen LogP contribution in [0.2, 0.25) is 0 Å². The standard InChI is InChI=1S/C22H25N3O3S/c1-16-5-10-21(20-4-3-13-23-22(16)20)29(26,27)24-17-11-14-25(15-12-17)18-6-8-19(28-2)9-7-18/h3-10,13,17,24H,11-12,14-15H2,1-2H3. The van der Waals surface area contributed by atoms with Gasteiger partial charge in [-0.3, -0.25) is 4.98 Å². The molecule has 2 heterocycles. The lowest BCUT2D eigenvalue weighted by molar-refractivity contribution is 0.414. The summed E-state index contributed by atoms with van der Waals surface area (Å²) in [5.41, 5.74) is 2.82. The second-order valence-corrected chi connectivity index (χ2v) is 9.04. The lowest BCUT2D eigenvalue weighted by Crippen LogP contribution is -2.44. The van der Waals surface area contributed by atoms with Crippen LogP contribution in [-0.2, 0) is 10.0 Å². The van der Waals surface area contributed by atoms with Crippen LogP contribution in [0.3, 0.4) is 0 Å². The third kappa shape index (κ3) is 4.06. The molecule has 1 aliphatic rings. The Balaban J connectivity index is 1.47. The molecule has 0 atom stereocenters. The molecule has 4 rings (SSSR count). The van der Waals surface area contributed by atoms with Gasteiger partial charge in [-0.15, -0.1) is 0 Å². The molecule has 2 aromatic carbocycles. The van der Waals surface area contributed by atoms with Gasteiger partial charge in [0.1, 0.15) is 5.75 Å². The summed E-state index contributed by atoms with van der Waals surface area (Å²) in [5, 5.41) is 0.663. The maximum atomic E-state index is 13.1. The predicted octanol–water partition coefficient (Wildman–Crippen LogP) is 3.50. The van der Waals surface area contributed by atoms with Gasteiger partial charge in [-0.1, -0.05) is 6.07 Å². The zero-order chi connectivity index (χ0) is 20.4. The van der Waals surface area contributed by atoms with Gasteiger partial charge in [-0.25, -0.2) is 13.1 Å². The van der Waals surface area contributed by atoms with Crippen LogP contribution in [0.1, 0.15) is 18.4 Å². The lowest BCUT2D eigenvalue weighted by Gasteiger charge is -2.34. The summed E-state index contributed by atoms with van der Waals surface area (Å²) in [6, 6.07) is 15.0. The zero-order valence-corrected chi connectivity index (χ0v) is 17.4. The lowest BCUT2D eigenvalue weighted by atomic mass is 10.1. The second-order valence-electron chi connectivity index (χ2n) is 7.36. The Morgan fingerprint density at radius 2 is 1.79 bits per heavy atom. The Labute approximate surface area is 171 Å². The molecule has 0 spiro atoms. The van der Waals surface area contributed by atoms with E-state index in [2.05, 4.69) is 14.6 Å². The minimum Gasteiger partial charge on any atom is -0.497 e. The van der Waals surface area contributed by atoms with Crippen LogP contribution in [0, 0.1) is 6.92 Å². The average molecular weight is 412 g/mol. The number of aromatic nitrogens is 1. The average Bonchev–Trinajstić information content (AvgIpc) is 2.74. The summed E-state index contributed by atoms with van der Waals surface area (Å²) in [4.78, 5) is 6.92. The van der Waals surface area contributed by atoms with Gasteiger partial charge in [-0.2, -0.15) is 0 Å². The van der Waals surface area contributed by atoms with E-state index in [4.69, 9.17) is 4.74 Å². The first kappa shape index (κ1) is 19.7. The van der Waals surface area contributed by atoms with Crippen molar-refractivity contribution < 1.29 is 13.2 Å². The smallest absolute Gasteiger partial charge is 0.241 e. The molecule has 0 amide bonds. The minimum absolute atomic E-state index is 0.0810. The van der Waals surface area contributed by atoms with Crippen LogP contribution in [0.5, 0.6) is 5.75 Å². The molecule has 0 aliphatic carbocycles. The molecule has 3 aromatic rings. The van der Waals surface area contributed by atoms with Crippen molar-refractivity contribution in [1.82, 2.24) is 9.71 Å². The molecule has 1 aliphatic heterocycles. The van der Waals surface area contributed by atoms with Gasteiger partial charge >= 0.3 is 0 Å². The molecule has 0 radical (unpaired) electrons. The van der Waals surface area contributed by atoms with Crippen LogP contribution in [0.25, 0.3) is 10.9 Å². The van der Waals surface area contributed by atoms with E-state index >= 15 is 0 Å². The van der Waals surface area contributed by atoms with Gasteiger partial charge in [-0.05, 0) is 67.8 Å². The number of hydrogen-bond donors (Lipinski definition) is 1. The van der Waals surface area contributed by atoms with E-state index in [1.165, 1.54) is 0 Å². The van der Waals surface area contributed by atoms with E-state index in [0.29, 0.717) is 10.3 Å². The van der Waals surface area contributed by atoms with Crippen molar-refractivity contribution in [3.05, 3.63) is 60.3 Å². The Bertz CT molecular complexity index is 1110. The molecule has 1 saturated heterocycles. The summed E-state index contributed by atoms with van der Waals surface area (Å²) < 4.78 is 34.3. The summed E-state index contributed by atoms with van der Waals surface area (Å²) in [5.74, 6) is 0.830. The molecule has 152 valence electrons. The van der Waals surface area contributed by atoms with Gasteiger partial charge < -0.3 is 9.64 Å². The van der Waals surface area contributed by atoms with Gasteiger partial charge in [0.05, 0.1) is 17.5 Å². The van der Waals surface area contributed by atoms with Gasteiger partial charge in [0.2, 0.25) is 10.0 Å². The highest BCUT2D eigenvalue weighted by Gasteiger charge is 2.26. The first-order chi connectivity index (χ1) is 14.0. The topological polar surface area (TPSA) is 71.5 Å². The first-order valence-corrected chi connectivity index (χ1v) is 11.2. The largest absolute Gasteiger partial charge is 0.497 e. The molecule has 1 fully saturated rings. The highest BCUT2D eigenvalue weighted by Crippen LogP contribution is 2.26. The van der Waals surface area contributed by atoms with Crippen molar-refractivity contribution in [1.29, 1.82) is 0 Å². The Kier molecular flexibility index (Phi) is 5.43. The van der Waals surface area contributed by atoms with Crippen molar-refractivity contribution in [3.63, 3.8) is 0 Å². The maximum absolute atomic E-state index is 13.1. The molecule has 1 N–H and O–H groups in total. The zero-order valence-electron chi connectivity index (χ0n) is 16.6. The van der Waals surface area contributed by atoms with Gasteiger partial charge in [0.25, 0.3) is 0 Å². The van der Waals surface area contributed by atoms with Crippen molar-refractivity contribution in [2.45, 2.75) is 30.7 Å². The second kappa shape index (κ2) is 8.00. The number of benzene rings is 2. The van der Waals surface area contributed by atoms with E-state index in [9.17, 15) is 8.42 Å². The molecule has 0 unspecified atom stereocenters. The molecule has 0 bridgehead atoms. The van der Waals surface area contributed by atoms with E-state index < -0.39 is 10.0 Å². The quantitative estimate of drug-likeness (QED) is 0.696. The molecule has 29 heavy (non-hydrogen) atoms. The number of nitrogens with one attached hydrogen (secondary N) is 1. The van der Waals surface area contributed by atoms with Crippen LogP contribution in [0.15, 0.2) is 59.6 Å². The number of fused-ring (bicyclic) bond motifs is 1. The Morgan fingerprint density at radius 3 is 2.48 bits per heavy atom. The summed E-state index contributed by atoms with van der Waals surface area (Å²) in [7, 11) is -1.97. The van der Waals surface area contributed by atoms with Crippen LogP contribution >= 0.6 is 0 Å². The molecular weight excluding hydrogens is 386 g/mol. The minimum atomic E-state index is -3.62. The molecule has 0 saturated carbocycles. The van der Waals surface area contributed by atoms with Crippen LogP contribution in [0.4, 0.5) is 5.69 Å². The Morgan fingerprint density at radius 1 is 1.07 bits per heavy atom. The van der Waals surface area contributed by atoms with Crippen molar-refractivity contribution in [3.8, 4) is 5.75 Å². The number of sulfonamides is 1. The fourth-order valence-corrected chi connectivity index (χ4v) is 5.36. The SMILES string of the molecule is COc1ccc(N2CCC(NS(=O)(=O)c3ccc(C)c4ncccc34)CC2)cc1. The van der Waals surface area contributed by atoms with Gasteiger partial charge in [0.15, 0.2) is 0 Å². The van der Waals surface area contributed by atoms with Crippen molar-refractivity contribution >= 4 is 26.6 Å². The number of methoxy groups -OCH3 is 1. The van der Waals surface area contributed by atoms with E-state index in [0.717, 1.165) is 48.4 Å². The highest BCUT2D eigenvalue weighted by atomic mass is 32.2. The number of piperidine rings is 1. The highest BCUT2D eigenvalue weighted by molar-refractivity contribution is 7.89. The molecule has 7 heteroatoms. The monoisotopic (exact) mass is 411 g/mol. The maximum Gasteiger partial charge on any atom is 0.241 e. The first-order valence-electron chi connectivity index (χ1n) is 9.73. The fraction of sp³-hybridized carbons (Fsp3) is 0.318. The summed E-state index contributed by atoms with van der Waals surface area (Å²) in [6.07, 6.45) is 3.20. The fourth-order valence-electron chi connectivity index (χ4n) is 3.85. The third-order valence-corrected chi connectivity index (χ3v) is 7.05. The molecular formula is C22H25N3O3S.